The van der Waals surface area contributed by atoms with Gasteiger partial charge in [0.05, 0.1) is 11.5 Å². The molecule has 1 fully saturated rings. The van der Waals surface area contributed by atoms with Crippen molar-refractivity contribution in [2.45, 2.75) is 19.8 Å². The largest absolute Gasteiger partial charge is 0.476 e. The molecule has 1 saturated heterocycles. The predicted octanol–water partition coefficient (Wildman–Crippen LogP) is 2.10. The average molecular weight is 371 g/mol. The molecule has 1 aliphatic heterocycles. The van der Waals surface area contributed by atoms with Crippen LogP contribution in [0.5, 0.6) is 5.88 Å². The van der Waals surface area contributed by atoms with E-state index >= 15 is 0 Å². The molecule has 142 valence electrons. The molecule has 1 amide bonds. The lowest BCUT2D eigenvalue weighted by Gasteiger charge is -2.17. The highest BCUT2D eigenvalue weighted by Gasteiger charge is 2.15. The summed E-state index contributed by atoms with van der Waals surface area (Å²) in [6.07, 6.45) is 2.31. The molecule has 1 N–H and O–H groups in total. The molecule has 2 heterocycles. The topological polar surface area (TPSA) is 110 Å². The summed E-state index contributed by atoms with van der Waals surface area (Å²) in [7, 11) is 0. The quantitative estimate of drug-likeness (QED) is 0.451. The first kappa shape index (κ1) is 18.6. The second kappa shape index (κ2) is 8.43. The molecule has 27 heavy (non-hydrogen) atoms. The third-order valence-electron chi connectivity index (χ3n) is 4.19. The number of hydrogen-bond acceptors (Lipinski definition) is 7. The van der Waals surface area contributed by atoms with E-state index in [-0.39, 0.29) is 30.3 Å². The Balaban J connectivity index is 1.52. The van der Waals surface area contributed by atoms with Crippen molar-refractivity contribution in [3.8, 4) is 5.88 Å². The first-order valence-electron chi connectivity index (χ1n) is 8.79. The van der Waals surface area contributed by atoms with Crippen LogP contribution >= 0.6 is 0 Å². The summed E-state index contributed by atoms with van der Waals surface area (Å²) in [5.41, 5.74) is 0.114. The van der Waals surface area contributed by atoms with Gasteiger partial charge < -0.3 is 15.0 Å². The first-order chi connectivity index (χ1) is 13.0. The van der Waals surface area contributed by atoms with E-state index in [1.807, 2.05) is 6.92 Å². The molecule has 2 aromatic rings. The number of carbonyl (C=O) groups excluding carboxylic acids is 1. The fourth-order valence-electron chi connectivity index (χ4n) is 2.89. The zero-order valence-corrected chi connectivity index (χ0v) is 15.1. The van der Waals surface area contributed by atoms with Gasteiger partial charge in [-0.3, -0.25) is 14.9 Å². The van der Waals surface area contributed by atoms with Crippen molar-refractivity contribution in [2.75, 3.05) is 31.1 Å². The van der Waals surface area contributed by atoms with Crippen LogP contribution in [0.2, 0.25) is 0 Å². The summed E-state index contributed by atoms with van der Waals surface area (Å²) < 4.78 is 5.63. The fraction of sp³-hybridized carbons (Fsp3) is 0.389. The van der Waals surface area contributed by atoms with Gasteiger partial charge in [-0.2, -0.15) is 4.98 Å². The van der Waals surface area contributed by atoms with Crippen LogP contribution in [0.4, 0.5) is 11.5 Å². The lowest BCUT2D eigenvalue weighted by atomic mass is 10.2. The Morgan fingerprint density at radius 3 is 2.81 bits per heavy atom. The number of nitrogens with zero attached hydrogens (tertiary/aromatic N) is 4. The van der Waals surface area contributed by atoms with Gasteiger partial charge in [0.1, 0.15) is 18.2 Å². The number of nitrogens with one attached hydrogen (secondary N) is 1. The van der Waals surface area contributed by atoms with E-state index in [0.29, 0.717) is 11.7 Å². The number of rotatable bonds is 7. The maximum Gasteiger partial charge on any atom is 0.270 e. The van der Waals surface area contributed by atoms with Gasteiger partial charge in [0, 0.05) is 36.9 Å². The first-order valence-corrected chi connectivity index (χ1v) is 8.79. The van der Waals surface area contributed by atoms with Gasteiger partial charge in [-0.15, -0.1) is 0 Å². The van der Waals surface area contributed by atoms with Crippen LogP contribution in [-0.2, 0) is 0 Å². The molecule has 1 aliphatic rings. The molecule has 1 aromatic carbocycles. The minimum Gasteiger partial charge on any atom is -0.476 e. The van der Waals surface area contributed by atoms with E-state index in [4.69, 9.17) is 4.74 Å². The van der Waals surface area contributed by atoms with Crippen LogP contribution in [0.15, 0.2) is 30.3 Å². The molecule has 0 unspecified atom stereocenters. The average Bonchev–Trinajstić information content (AvgIpc) is 3.19. The summed E-state index contributed by atoms with van der Waals surface area (Å²) in [4.78, 5) is 33.2. The van der Waals surface area contributed by atoms with E-state index in [2.05, 4.69) is 20.2 Å². The minimum atomic E-state index is -0.532. The van der Waals surface area contributed by atoms with Gasteiger partial charge in [-0.25, -0.2) is 4.98 Å². The summed E-state index contributed by atoms with van der Waals surface area (Å²) in [5, 5.41) is 13.5. The Labute approximate surface area is 156 Å². The number of non-ortho nitro benzene ring substituents is 1. The monoisotopic (exact) mass is 371 g/mol. The van der Waals surface area contributed by atoms with Crippen LogP contribution in [0.1, 0.15) is 29.0 Å². The van der Waals surface area contributed by atoms with Crippen molar-refractivity contribution in [1.29, 1.82) is 0 Å². The number of anilines is 1. The Morgan fingerprint density at radius 2 is 2.07 bits per heavy atom. The predicted molar refractivity (Wildman–Crippen MR) is 99.1 cm³/mol. The van der Waals surface area contributed by atoms with E-state index in [9.17, 15) is 14.9 Å². The fourth-order valence-corrected chi connectivity index (χ4v) is 2.89. The Kier molecular flexibility index (Phi) is 5.80. The van der Waals surface area contributed by atoms with E-state index in [1.165, 1.54) is 24.3 Å². The molecule has 1 aromatic heterocycles. The molecule has 0 atom stereocenters. The molecule has 0 radical (unpaired) electrons. The van der Waals surface area contributed by atoms with E-state index in [0.717, 1.165) is 31.7 Å². The van der Waals surface area contributed by atoms with E-state index in [1.54, 1.807) is 6.07 Å². The molecule has 0 bridgehead atoms. The smallest absolute Gasteiger partial charge is 0.270 e. The summed E-state index contributed by atoms with van der Waals surface area (Å²) >= 11 is 0. The van der Waals surface area contributed by atoms with Crippen LogP contribution in [0.3, 0.4) is 0 Å². The standard InChI is InChI=1S/C18H21N5O4/c1-13-20-16(22-8-2-3-9-22)12-17(21-13)27-10-7-19-18(24)14-5-4-6-15(11-14)23(25)26/h4-6,11-12H,2-3,7-10H2,1H3,(H,19,24). The highest BCUT2D eigenvalue weighted by molar-refractivity contribution is 5.94. The molecule has 0 spiro atoms. The Hall–Kier alpha value is -3.23. The molecule has 3 rings (SSSR count). The number of ether oxygens (including phenoxy) is 1. The Bertz CT molecular complexity index is 836. The SMILES string of the molecule is Cc1nc(OCCNC(=O)c2cccc([N+](=O)[O-])c2)cc(N2CCCC2)n1. The lowest BCUT2D eigenvalue weighted by Crippen LogP contribution is -2.28. The molecule has 0 aliphatic carbocycles. The highest BCUT2D eigenvalue weighted by atomic mass is 16.6. The van der Waals surface area contributed by atoms with Gasteiger partial charge in [-0.1, -0.05) is 6.07 Å². The number of nitro benzene ring substituents is 1. The lowest BCUT2D eigenvalue weighted by molar-refractivity contribution is -0.384. The van der Waals surface area contributed by atoms with Gasteiger partial charge >= 0.3 is 0 Å². The van der Waals surface area contributed by atoms with Crippen LogP contribution < -0.4 is 15.0 Å². The number of hydrogen-bond donors (Lipinski definition) is 1. The van der Waals surface area contributed by atoms with Crippen LogP contribution in [0.25, 0.3) is 0 Å². The van der Waals surface area contributed by atoms with Gasteiger partial charge in [-0.05, 0) is 25.8 Å². The minimum absolute atomic E-state index is 0.121. The second-order valence-electron chi connectivity index (χ2n) is 6.22. The van der Waals surface area contributed by atoms with Gasteiger partial charge in [0.25, 0.3) is 11.6 Å². The number of carbonyl (C=O) groups is 1. The van der Waals surface area contributed by atoms with Gasteiger partial charge in [0.2, 0.25) is 5.88 Å². The zero-order chi connectivity index (χ0) is 19.2. The summed E-state index contributed by atoms with van der Waals surface area (Å²) in [6, 6.07) is 7.40. The number of nitro groups is 1. The number of amides is 1. The molecule has 0 saturated carbocycles. The number of benzene rings is 1. The maximum atomic E-state index is 12.1. The van der Waals surface area contributed by atoms with Crippen molar-refractivity contribution in [2.24, 2.45) is 0 Å². The normalized spacial score (nSPS) is 13.4. The van der Waals surface area contributed by atoms with Crippen LogP contribution in [0, 0.1) is 17.0 Å². The van der Waals surface area contributed by atoms with Gasteiger partial charge in [0.15, 0.2) is 0 Å². The summed E-state index contributed by atoms with van der Waals surface area (Å²) in [5.74, 6) is 1.57. The number of aryl methyl sites for hydroxylation is 1. The molecule has 9 heteroatoms. The second-order valence-corrected chi connectivity index (χ2v) is 6.22. The molecular weight excluding hydrogens is 350 g/mol. The van der Waals surface area contributed by atoms with Crippen LogP contribution in [-0.4, -0.2) is 47.0 Å². The highest BCUT2D eigenvalue weighted by Crippen LogP contribution is 2.21. The third kappa shape index (κ3) is 4.90. The maximum absolute atomic E-state index is 12.1. The third-order valence-corrected chi connectivity index (χ3v) is 4.19. The Morgan fingerprint density at radius 1 is 1.30 bits per heavy atom. The number of aromatic nitrogens is 2. The van der Waals surface area contributed by atoms with Crippen molar-refractivity contribution >= 4 is 17.4 Å². The van der Waals surface area contributed by atoms with Crippen molar-refractivity contribution < 1.29 is 14.5 Å². The summed E-state index contributed by atoms with van der Waals surface area (Å²) in [6.45, 7) is 4.26. The van der Waals surface area contributed by atoms with Crippen molar-refractivity contribution in [3.05, 3.63) is 51.8 Å². The molecular formula is C18H21N5O4. The van der Waals surface area contributed by atoms with Crippen molar-refractivity contribution in [1.82, 2.24) is 15.3 Å². The molecule has 9 nitrogen and oxygen atoms in total. The van der Waals surface area contributed by atoms with Crippen molar-refractivity contribution in [3.63, 3.8) is 0 Å². The zero-order valence-electron chi connectivity index (χ0n) is 15.1. The van der Waals surface area contributed by atoms with E-state index < -0.39 is 4.92 Å².